The number of carboxylic acid groups (broad SMARTS) is 1. The summed E-state index contributed by atoms with van der Waals surface area (Å²) in [5.41, 5.74) is 6.90. The normalized spacial score (nSPS) is 12.9. The molecule has 0 saturated carbocycles. The zero-order valence-corrected chi connectivity index (χ0v) is 7.88. The van der Waals surface area contributed by atoms with Gasteiger partial charge in [0, 0.05) is 29.8 Å². The van der Waals surface area contributed by atoms with Crippen LogP contribution >= 0.6 is 0 Å². The second-order valence-corrected chi connectivity index (χ2v) is 3.28. The minimum Gasteiger partial charge on any atom is -0.480 e. The summed E-state index contributed by atoms with van der Waals surface area (Å²) in [6.45, 7) is 0. The van der Waals surface area contributed by atoms with Crippen LogP contribution in [0.25, 0.3) is 11.0 Å². The van der Waals surface area contributed by atoms with E-state index in [0.717, 1.165) is 10.9 Å². The van der Waals surface area contributed by atoms with Crippen molar-refractivity contribution >= 4 is 16.9 Å². The zero-order chi connectivity index (χ0) is 10.8. The topological polar surface area (TPSA) is 89.4 Å². The lowest BCUT2D eigenvalue weighted by Gasteiger charge is -2.03. The molecule has 0 saturated heterocycles. The Hall–Kier alpha value is -1.88. The van der Waals surface area contributed by atoms with Crippen molar-refractivity contribution in [3.05, 3.63) is 30.3 Å². The minimum absolute atomic E-state index is 0.244. The van der Waals surface area contributed by atoms with Crippen LogP contribution in [0.1, 0.15) is 5.56 Å². The van der Waals surface area contributed by atoms with Crippen LogP contribution in [0, 0.1) is 0 Å². The lowest BCUT2D eigenvalue weighted by molar-refractivity contribution is -0.138. The Morgan fingerprint density at radius 1 is 1.67 bits per heavy atom. The number of hydrogen-bond donors (Lipinski definition) is 2. The van der Waals surface area contributed by atoms with Crippen LogP contribution in [-0.2, 0) is 11.2 Å². The van der Waals surface area contributed by atoms with Crippen molar-refractivity contribution in [2.75, 3.05) is 0 Å². The van der Waals surface area contributed by atoms with Gasteiger partial charge in [-0.2, -0.15) is 0 Å². The summed E-state index contributed by atoms with van der Waals surface area (Å²) in [4.78, 5) is 14.5. The first-order chi connectivity index (χ1) is 7.18. The van der Waals surface area contributed by atoms with E-state index in [1.807, 2.05) is 0 Å². The van der Waals surface area contributed by atoms with Crippen LogP contribution in [-0.4, -0.2) is 22.1 Å². The second kappa shape index (κ2) is 3.70. The fourth-order valence-corrected chi connectivity index (χ4v) is 1.41. The monoisotopic (exact) mass is 206 g/mol. The fraction of sp³-hybridized carbons (Fsp3) is 0.200. The molecule has 15 heavy (non-hydrogen) atoms. The van der Waals surface area contributed by atoms with E-state index in [2.05, 4.69) is 4.98 Å². The van der Waals surface area contributed by atoms with Gasteiger partial charge in [0.15, 0.2) is 0 Å². The van der Waals surface area contributed by atoms with E-state index in [4.69, 9.17) is 15.3 Å². The van der Waals surface area contributed by atoms with Gasteiger partial charge in [0.2, 0.25) is 0 Å². The second-order valence-electron chi connectivity index (χ2n) is 3.28. The summed E-state index contributed by atoms with van der Waals surface area (Å²) in [7, 11) is 0. The van der Waals surface area contributed by atoms with Crippen molar-refractivity contribution in [3.63, 3.8) is 0 Å². The number of carboxylic acids is 1. The summed E-state index contributed by atoms with van der Waals surface area (Å²) in [5, 5.41) is 9.50. The molecule has 0 radical (unpaired) electrons. The molecule has 0 fully saturated rings. The van der Waals surface area contributed by atoms with Gasteiger partial charge in [-0.1, -0.05) is 0 Å². The molecular formula is C10H10N2O3. The number of aromatic nitrogens is 1. The van der Waals surface area contributed by atoms with Gasteiger partial charge < -0.3 is 15.3 Å². The first-order valence-electron chi connectivity index (χ1n) is 4.47. The SMILES string of the molecule is NC(Cc1coc2ccncc12)C(=O)O. The van der Waals surface area contributed by atoms with Crippen molar-refractivity contribution in [3.8, 4) is 0 Å². The number of carbonyl (C=O) groups is 1. The third kappa shape index (κ3) is 1.82. The maximum absolute atomic E-state index is 10.6. The average Bonchev–Trinajstić information content (AvgIpc) is 2.62. The third-order valence-electron chi connectivity index (χ3n) is 2.21. The molecule has 2 rings (SSSR count). The summed E-state index contributed by atoms with van der Waals surface area (Å²) in [6.07, 6.45) is 5.03. The molecule has 0 aromatic carbocycles. The van der Waals surface area contributed by atoms with Gasteiger partial charge in [-0.3, -0.25) is 9.78 Å². The molecule has 0 aliphatic carbocycles. The Bertz CT molecular complexity index is 492. The van der Waals surface area contributed by atoms with E-state index >= 15 is 0 Å². The van der Waals surface area contributed by atoms with Crippen LogP contribution in [0.2, 0.25) is 0 Å². The van der Waals surface area contributed by atoms with E-state index in [1.165, 1.54) is 6.26 Å². The molecule has 0 aliphatic rings. The van der Waals surface area contributed by atoms with Gasteiger partial charge >= 0.3 is 5.97 Å². The van der Waals surface area contributed by atoms with Gasteiger partial charge in [0.05, 0.1) is 6.26 Å². The van der Waals surface area contributed by atoms with Crippen molar-refractivity contribution in [2.45, 2.75) is 12.5 Å². The van der Waals surface area contributed by atoms with E-state index in [9.17, 15) is 4.79 Å². The highest BCUT2D eigenvalue weighted by Gasteiger charge is 2.15. The third-order valence-corrected chi connectivity index (χ3v) is 2.21. The van der Waals surface area contributed by atoms with Crippen LogP contribution < -0.4 is 5.73 Å². The maximum atomic E-state index is 10.6. The van der Waals surface area contributed by atoms with Crippen LogP contribution in [0.5, 0.6) is 0 Å². The summed E-state index contributed by atoms with van der Waals surface area (Å²) in [6, 6.07) is 0.816. The molecule has 2 aromatic rings. The first kappa shape index (κ1) is 9.67. The molecule has 2 aromatic heterocycles. The molecule has 78 valence electrons. The Labute approximate surface area is 85.5 Å². The molecule has 0 bridgehead atoms. The summed E-state index contributed by atoms with van der Waals surface area (Å²) >= 11 is 0. The summed E-state index contributed by atoms with van der Waals surface area (Å²) < 4.78 is 5.24. The van der Waals surface area contributed by atoms with Crippen LogP contribution in [0.4, 0.5) is 0 Å². The van der Waals surface area contributed by atoms with E-state index in [-0.39, 0.29) is 6.42 Å². The molecule has 2 heterocycles. The Morgan fingerprint density at radius 2 is 2.47 bits per heavy atom. The molecule has 0 amide bonds. The van der Waals surface area contributed by atoms with Crippen molar-refractivity contribution in [1.82, 2.24) is 4.98 Å². The quantitative estimate of drug-likeness (QED) is 0.774. The average molecular weight is 206 g/mol. The summed E-state index contributed by atoms with van der Waals surface area (Å²) in [5.74, 6) is -1.02. The molecule has 5 heteroatoms. The van der Waals surface area contributed by atoms with Gasteiger partial charge in [0.25, 0.3) is 0 Å². The van der Waals surface area contributed by atoms with E-state index in [1.54, 1.807) is 18.5 Å². The molecule has 5 nitrogen and oxygen atoms in total. The fourth-order valence-electron chi connectivity index (χ4n) is 1.41. The van der Waals surface area contributed by atoms with Crippen molar-refractivity contribution in [2.24, 2.45) is 5.73 Å². The number of aliphatic carboxylic acids is 1. The maximum Gasteiger partial charge on any atom is 0.320 e. The van der Waals surface area contributed by atoms with E-state index in [0.29, 0.717) is 5.58 Å². The van der Waals surface area contributed by atoms with Crippen LogP contribution in [0.3, 0.4) is 0 Å². The standard InChI is InChI=1S/C10H10N2O3/c11-8(10(13)14)3-6-5-15-9-1-2-12-4-7(6)9/h1-2,4-5,8H,3,11H2,(H,13,14). The lowest BCUT2D eigenvalue weighted by atomic mass is 10.1. The lowest BCUT2D eigenvalue weighted by Crippen LogP contribution is -2.32. The highest BCUT2D eigenvalue weighted by Crippen LogP contribution is 2.20. The largest absolute Gasteiger partial charge is 0.480 e. The molecule has 3 N–H and O–H groups in total. The molecular weight excluding hydrogens is 196 g/mol. The number of nitrogens with two attached hydrogens (primary N) is 1. The molecule has 0 spiro atoms. The first-order valence-corrected chi connectivity index (χ1v) is 4.47. The van der Waals surface area contributed by atoms with Gasteiger partial charge in [0.1, 0.15) is 11.6 Å². The predicted molar refractivity (Wildman–Crippen MR) is 53.3 cm³/mol. The number of nitrogens with zero attached hydrogens (tertiary/aromatic N) is 1. The molecule has 0 aliphatic heterocycles. The Kier molecular flexibility index (Phi) is 2.39. The number of fused-ring (bicyclic) bond motifs is 1. The number of pyridine rings is 1. The molecule has 1 unspecified atom stereocenters. The Balaban J connectivity index is 2.32. The molecule has 1 atom stereocenters. The van der Waals surface area contributed by atoms with Gasteiger partial charge in [-0.15, -0.1) is 0 Å². The highest BCUT2D eigenvalue weighted by atomic mass is 16.4. The predicted octanol–water partition coefficient (Wildman–Crippen LogP) is 0.782. The van der Waals surface area contributed by atoms with E-state index < -0.39 is 12.0 Å². The number of furan rings is 1. The Morgan fingerprint density at radius 3 is 3.20 bits per heavy atom. The van der Waals surface area contributed by atoms with Gasteiger partial charge in [-0.05, 0) is 6.07 Å². The van der Waals surface area contributed by atoms with Crippen molar-refractivity contribution in [1.29, 1.82) is 0 Å². The smallest absolute Gasteiger partial charge is 0.320 e. The van der Waals surface area contributed by atoms with Crippen molar-refractivity contribution < 1.29 is 14.3 Å². The number of hydrogen-bond acceptors (Lipinski definition) is 4. The number of rotatable bonds is 3. The minimum atomic E-state index is -1.02. The van der Waals surface area contributed by atoms with Gasteiger partial charge in [-0.25, -0.2) is 0 Å². The zero-order valence-electron chi connectivity index (χ0n) is 7.88. The van der Waals surface area contributed by atoms with Crippen LogP contribution in [0.15, 0.2) is 29.1 Å². The highest BCUT2D eigenvalue weighted by molar-refractivity contribution is 5.81.